The summed E-state index contributed by atoms with van der Waals surface area (Å²) in [6.07, 6.45) is 3.64. The minimum absolute atomic E-state index is 0.147. The summed E-state index contributed by atoms with van der Waals surface area (Å²) in [6.45, 7) is 0. The molecule has 0 bridgehead atoms. The van der Waals surface area contributed by atoms with Crippen LogP contribution in [0.4, 0.5) is 0 Å². The van der Waals surface area contributed by atoms with Gasteiger partial charge in [0.2, 0.25) is 0 Å². The molecule has 1 fully saturated rings. The lowest BCUT2D eigenvalue weighted by molar-refractivity contribution is 0.201. The van der Waals surface area contributed by atoms with Gasteiger partial charge in [-0.25, -0.2) is 0 Å². The van der Waals surface area contributed by atoms with Crippen LogP contribution in [0.5, 0.6) is 0 Å². The summed E-state index contributed by atoms with van der Waals surface area (Å²) < 4.78 is 0. The van der Waals surface area contributed by atoms with Crippen LogP contribution in [-0.2, 0) is 5.54 Å². The van der Waals surface area contributed by atoms with Gasteiger partial charge < -0.3 is 5.32 Å². The molecule has 0 saturated heterocycles. The van der Waals surface area contributed by atoms with Crippen LogP contribution in [0.25, 0.3) is 0 Å². The van der Waals surface area contributed by atoms with Gasteiger partial charge >= 0.3 is 0 Å². The van der Waals surface area contributed by atoms with Gasteiger partial charge in [-0.1, -0.05) is 29.3 Å². The highest BCUT2D eigenvalue weighted by atomic mass is 35.5. The van der Waals surface area contributed by atoms with Crippen molar-refractivity contribution >= 4 is 23.2 Å². The highest BCUT2D eigenvalue weighted by Crippen LogP contribution is 2.42. The fraction of sp³-hybridized carbons (Fsp3) is 0.455. The molecule has 1 nitrogen and oxygen atoms in total. The number of hydrogen-bond acceptors (Lipinski definition) is 1. The van der Waals surface area contributed by atoms with E-state index < -0.39 is 0 Å². The van der Waals surface area contributed by atoms with Crippen molar-refractivity contribution in [1.29, 1.82) is 0 Å². The normalized spacial score (nSPS) is 19.1. The van der Waals surface area contributed by atoms with Gasteiger partial charge in [0.05, 0.1) is 10.0 Å². The van der Waals surface area contributed by atoms with E-state index in [1.54, 1.807) is 0 Å². The molecule has 1 aromatic rings. The minimum Gasteiger partial charge on any atom is -0.310 e. The Morgan fingerprint density at radius 2 is 1.93 bits per heavy atom. The first-order valence-corrected chi connectivity index (χ1v) is 5.58. The van der Waals surface area contributed by atoms with Crippen LogP contribution < -0.4 is 5.32 Å². The van der Waals surface area contributed by atoms with E-state index in [-0.39, 0.29) is 5.54 Å². The molecular formula is C11H13Cl2N. The molecule has 0 heterocycles. The lowest BCUT2D eigenvalue weighted by Crippen LogP contribution is -2.45. The van der Waals surface area contributed by atoms with Crippen molar-refractivity contribution in [3.63, 3.8) is 0 Å². The van der Waals surface area contributed by atoms with Crippen LogP contribution in [0.3, 0.4) is 0 Å². The standard InChI is InChI=1S/C11H13Cl2N/c1-14-11(5-2-6-11)8-3-4-9(12)10(13)7-8/h3-4,7,14H,2,5-6H2,1H3. The van der Waals surface area contributed by atoms with Crippen LogP contribution in [-0.4, -0.2) is 7.05 Å². The molecule has 3 heteroatoms. The predicted octanol–water partition coefficient (Wildman–Crippen LogP) is 3.59. The Labute approximate surface area is 94.4 Å². The molecule has 1 N–H and O–H groups in total. The van der Waals surface area contributed by atoms with Gasteiger partial charge in [-0.3, -0.25) is 0 Å². The van der Waals surface area contributed by atoms with Crippen molar-refractivity contribution < 1.29 is 0 Å². The summed E-state index contributed by atoms with van der Waals surface area (Å²) >= 11 is 11.9. The lowest BCUT2D eigenvalue weighted by atomic mass is 9.72. The summed E-state index contributed by atoms with van der Waals surface area (Å²) in [5, 5.41) is 4.65. The molecule has 0 spiro atoms. The van der Waals surface area contributed by atoms with E-state index in [2.05, 4.69) is 11.4 Å². The Balaban J connectivity index is 2.36. The van der Waals surface area contributed by atoms with Crippen molar-refractivity contribution in [2.24, 2.45) is 0 Å². The van der Waals surface area contributed by atoms with Crippen molar-refractivity contribution in [3.05, 3.63) is 33.8 Å². The fourth-order valence-electron chi connectivity index (χ4n) is 2.01. The van der Waals surface area contributed by atoms with E-state index in [0.29, 0.717) is 10.0 Å². The topological polar surface area (TPSA) is 12.0 Å². The van der Waals surface area contributed by atoms with Gasteiger partial charge in [0.1, 0.15) is 0 Å². The highest BCUT2D eigenvalue weighted by molar-refractivity contribution is 6.42. The summed E-state index contributed by atoms with van der Waals surface area (Å²) in [5.74, 6) is 0. The maximum Gasteiger partial charge on any atom is 0.0595 e. The van der Waals surface area contributed by atoms with E-state index in [0.717, 1.165) is 0 Å². The van der Waals surface area contributed by atoms with Crippen molar-refractivity contribution in [3.8, 4) is 0 Å². The van der Waals surface area contributed by atoms with Gasteiger partial charge in [-0.15, -0.1) is 0 Å². The number of halogens is 2. The first-order chi connectivity index (χ1) is 6.68. The molecule has 0 aliphatic heterocycles. The first kappa shape index (κ1) is 10.3. The smallest absolute Gasteiger partial charge is 0.0595 e. The molecule has 0 radical (unpaired) electrons. The average Bonchev–Trinajstić information content (AvgIpc) is 2.10. The monoisotopic (exact) mass is 229 g/mol. The molecule has 2 rings (SSSR count). The van der Waals surface area contributed by atoms with Crippen LogP contribution >= 0.6 is 23.2 Å². The summed E-state index contributed by atoms with van der Waals surface area (Å²) in [7, 11) is 2.00. The second-order valence-electron chi connectivity index (χ2n) is 3.81. The SMILES string of the molecule is CNC1(c2ccc(Cl)c(Cl)c2)CCC1. The molecule has 1 aliphatic carbocycles. The van der Waals surface area contributed by atoms with Gasteiger partial charge in [-0.2, -0.15) is 0 Å². The molecule has 76 valence electrons. The zero-order valence-corrected chi connectivity index (χ0v) is 9.62. The average molecular weight is 230 g/mol. The Morgan fingerprint density at radius 1 is 1.21 bits per heavy atom. The Bertz CT molecular complexity index is 340. The van der Waals surface area contributed by atoms with E-state index in [9.17, 15) is 0 Å². The second kappa shape index (κ2) is 3.73. The van der Waals surface area contributed by atoms with E-state index in [1.165, 1.54) is 24.8 Å². The zero-order valence-electron chi connectivity index (χ0n) is 8.11. The van der Waals surface area contributed by atoms with Crippen molar-refractivity contribution in [2.45, 2.75) is 24.8 Å². The van der Waals surface area contributed by atoms with Crippen molar-refractivity contribution in [2.75, 3.05) is 7.05 Å². The molecule has 1 aromatic carbocycles. The van der Waals surface area contributed by atoms with E-state index in [1.807, 2.05) is 19.2 Å². The van der Waals surface area contributed by atoms with Gasteiger partial charge in [0.15, 0.2) is 0 Å². The van der Waals surface area contributed by atoms with Crippen LogP contribution in [0.15, 0.2) is 18.2 Å². The third-order valence-electron chi connectivity index (χ3n) is 3.16. The third kappa shape index (κ3) is 1.54. The number of nitrogens with one attached hydrogen (secondary N) is 1. The Kier molecular flexibility index (Phi) is 2.74. The fourth-order valence-corrected chi connectivity index (χ4v) is 2.31. The van der Waals surface area contributed by atoms with E-state index in [4.69, 9.17) is 23.2 Å². The predicted molar refractivity (Wildman–Crippen MR) is 61.1 cm³/mol. The quantitative estimate of drug-likeness (QED) is 0.818. The Morgan fingerprint density at radius 3 is 2.36 bits per heavy atom. The summed E-state index contributed by atoms with van der Waals surface area (Å²) in [4.78, 5) is 0. The third-order valence-corrected chi connectivity index (χ3v) is 3.90. The lowest BCUT2D eigenvalue weighted by Gasteiger charge is -2.42. The van der Waals surface area contributed by atoms with Gasteiger partial charge in [-0.05, 0) is 44.0 Å². The number of hydrogen-bond donors (Lipinski definition) is 1. The maximum atomic E-state index is 6.00. The molecule has 0 unspecified atom stereocenters. The zero-order chi connectivity index (χ0) is 10.2. The molecular weight excluding hydrogens is 217 g/mol. The molecule has 1 saturated carbocycles. The van der Waals surface area contributed by atoms with Crippen LogP contribution in [0, 0.1) is 0 Å². The molecule has 0 atom stereocenters. The maximum absolute atomic E-state index is 6.00. The molecule has 0 aromatic heterocycles. The summed E-state index contributed by atoms with van der Waals surface area (Å²) in [5.41, 5.74) is 1.40. The molecule has 1 aliphatic rings. The summed E-state index contributed by atoms with van der Waals surface area (Å²) in [6, 6.07) is 5.90. The van der Waals surface area contributed by atoms with Crippen LogP contribution in [0.2, 0.25) is 10.0 Å². The first-order valence-electron chi connectivity index (χ1n) is 4.82. The van der Waals surface area contributed by atoms with E-state index >= 15 is 0 Å². The van der Waals surface area contributed by atoms with Gasteiger partial charge in [0.25, 0.3) is 0 Å². The molecule has 0 amide bonds. The highest BCUT2D eigenvalue weighted by Gasteiger charge is 2.37. The van der Waals surface area contributed by atoms with Crippen LogP contribution in [0.1, 0.15) is 24.8 Å². The minimum atomic E-state index is 0.147. The van der Waals surface area contributed by atoms with Gasteiger partial charge in [0, 0.05) is 5.54 Å². The number of benzene rings is 1. The van der Waals surface area contributed by atoms with Crippen molar-refractivity contribution in [1.82, 2.24) is 5.32 Å². The Hall–Kier alpha value is -0.240. The molecule has 14 heavy (non-hydrogen) atoms. The second-order valence-corrected chi connectivity index (χ2v) is 4.63. The largest absolute Gasteiger partial charge is 0.310 e. The number of rotatable bonds is 2.